The van der Waals surface area contributed by atoms with Gasteiger partial charge in [-0.2, -0.15) is 0 Å². The summed E-state index contributed by atoms with van der Waals surface area (Å²) in [6, 6.07) is 7.61. The molecular weight excluding hydrogens is 338 g/mol. The van der Waals surface area contributed by atoms with Crippen molar-refractivity contribution < 1.29 is 28.5 Å². The van der Waals surface area contributed by atoms with E-state index in [1.165, 1.54) is 0 Å². The quantitative estimate of drug-likeness (QED) is 0.763. The zero-order valence-corrected chi connectivity index (χ0v) is 15.6. The molecule has 1 heterocycles. The number of rotatable bonds is 1. The number of ether oxygens (including phenoxy) is 5. The van der Waals surface area contributed by atoms with E-state index in [1.54, 1.807) is 14.0 Å². The van der Waals surface area contributed by atoms with E-state index in [2.05, 4.69) is 11.9 Å². The van der Waals surface area contributed by atoms with Gasteiger partial charge in [-0.05, 0) is 19.1 Å². The van der Waals surface area contributed by atoms with Crippen molar-refractivity contribution in [3.05, 3.63) is 36.4 Å². The molecule has 26 heavy (non-hydrogen) atoms. The fourth-order valence-corrected chi connectivity index (χ4v) is 1.87. The molecule has 0 saturated heterocycles. The highest BCUT2D eigenvalue weighted by atomic mass is 16.6. The van der Waals surface area contributed by atoms with Gasteiger partial charge in [0.25, 0.3) is 0 Å². The smallest absolute Gasteiger partial charge is 0.246 e. The Bertz CT molecular complexity index is 502. The lowest BCUT2D eigenvalue weighted by molar-refractivity contribution is -0.116. The van der Waals surface area contributed by atoms with Crippen LogP contribution < -0.4 is 14.8 Å². The Balaban J connectivity index is 0.000000412. The van der Waals surface area contributed by atoms with Gasteiger partial charge in [-0.15, -0.1) is 0 Å². The van der Waals surface area contributed by atoms with Crippen LogP contribution in [-0.2, 0) is 19.0 Å². The van der Waals surface area contributed by atoms with Crippen LogP contribution in [0, 0.1) is 0 Å². The van der Waals surface area contributed by atoms with E-state index in [4.69, 9.17) is 23.7 Å². The fourth-order valence-electron chi connectivity index (χ4n) is 1.87. The molecule has 1 N–H and O–H groups in total. The van der Waals surface area contributed by atoms with E-state index in [-0.39, 0.29) is 5.91 Å². The predicted octanol–water partition coefficient (Wildman–Crippen LogP) is 1.82. The van der Waals surface area contributed by atoms with Crippen LogP contribution in [0.4, 0.5) is 0 Å². The maximum Gasteiger partial charge on any atom is 0.246 e. The van der Waals surface area contributed by atoms with Crippen LogP contribution in [0.2, 0.25) is 0 Å². The molecule has 1 aliphatic rings. The highest BCUT2D eigenvalue weighted by Crippen LogP contribution is 2.26. The van der Waals surface area contributed by atoms with Crippen LogP contribution in [-0.4, -0.2) is 65.8 Å². The lowest BCUT2D eigenvalue weighted by atomic mass is 10.3. The average molecular weight is 367 g/mol. The lowest BCUT2D eigenvalue weighted by Crippen LogP contribution is -2.17. The van der Waals surface area contributed by atoms with Gasteiger partial charge in [-0.25, -0.2) is 0 Å². The number of hydrogen-bond donors (Lipinski definition) is 1. The minimum atomic E-state index is -0.0972. The minimum Gasteiger partial charge on any atom is -0.487 e. The summed E-state index contributed by atoms with van der Waals surface area (Å²) in [6.07, 6.45) is 0. The third-order valence-corrected chi connectivity index (χ3v) is 3.18. The summed E-state index contributed by atoms with van der Waals surface area (Å²) in [5.74, 6) is 1.37. The van der Waals surface area contributed by atoms with Crippen molar-refractivity contribution in [1.82, 2.24) is 5.32 Å². The summed E-state index contributed by atoms with van der Waals surface area (Å²) >= 11 is 0. The number of carbonyl (C=O) groups is 1. The average Bonchev–Trinajstić information content (AvgIpc) is 2.66. The van der Waals surface area contributed by atoms with Crippen molar-refractivity contribution in [2.75, 3.05) is 59.9 Å². The first-order valence-corrected chi connectivity index (χ1v) is 8.60. The molecule has 0 fully saturated rings. The molecule has 1 aromatic carbocycles. The van der Waals surface area contributed by atoms with E-state index < -0.39 is 0 Å². The second kappa shape index (κ2) is 14.1. The molecule has 0 saturated carbocycles. The van der Waals surface area contributed by atoms with E-state index in [0.717, 1.165) is 11.5 Å². The van der Waals surface area contributed by atoms with E-state index in [1.807, 2.05) is 24.3 Å². The number of nitrogens with one attached hydrogen (secondary N) is 1. The molecule has 146 valence electrons. The predicted molar refractivity (Wildman–Crippen MR) is 98.8 cm³/mol. The van der Waals surface area contributed by atoms with Gasteiger partial charge < -0.3 is 29.0 Å². The Hall–Kier alpha value is -2.09. The summed E-state index contributed by atoms with van der Waals surface area (Å²) in [5.41, 5.74) is 0.544. The summed E-state index contributed by atoms with van der Waals surface area (Å²) in [5, 5.41) is 2.43. The standard InChI is InChI=1S/C14H20O5.C5H9NO/c1-2-4-14-13(3-1)18-11-9-16-7-5-15-6-8-17-10-12-19-14;1-4(2)5(7)6-3/h1-4H,5-12H2;1H2,2-3H3,(H,6,7). The summed E-state index contributed by atoms with van der Waals surface area (Å²) in [6.45, 7) is 9.45. The van der Waals surface area contributed by atoms with E-state index in [0.29, 0.717) is 58.4 Å². The molecule has 0 atom stereocenters. The first-order chi connectivity index (χ1) is 12.6. The minimum absolute atomic E-state index is 0.0972. The van der Waals surface area contributed by atoms with Crippen molar-refractivity contribution in [2.45, 2.75) is 6.92 Å². The number of likely N-dealkylation sites (N-methyl/N-ethyl adjacent to an activating group) is 1. The topological polar surface area (TPSA) is 75.3 Å². The fraction of sp³-hybridized carbons (Fsp3) is 0.526. The second-order valence-electron chi connectivity index (χ2n) is 5.34. The number of hydrogen-bond acceptors (Lipinski definition) is 6. The van der Waals surface area contributed by atoms with E-state index >= 15 is 0 Å². The molecule has 0 bridgehead atoms. The van der Waals surface area contributed by atoms with Crippen LogP contribution in [0.3, 0.4) is 0 Å². The molecule has 0 aromatic heterocycles. The van der Waals surface area contributed by atoms with Crippen LogP contribution in [0.5, 0.6) is 11.5 Å². The first kappa shape index (κ1) is 22.0. The molecule has 1 aliphatic heterocycles. The molecule has 0 spiro atoms. The largest absolute Gasteiger partial charge is 0.487 e. The number of benzene rings is 1. The molecular formula is C19H29NO6. The highest BCUT2D eigenvalue weighted by Gasteiger charge is 2.04. The maximum absolute atomic E-state index is 10.3. The summed E-state index contributed by atoms with van der Waals surface area (Å²) < 4.78 is 27.4. The zero-order chi connectivity index (χ0) is 19.0. The molecule has 0 aliphatic carbocycles. The van der Waals surface area contributed by atoms with Crippen LogP contribution in [0.25, 0.3) is 0 Å². The summed E-state index contributed by atoms with van der Waals surface area (Å²) in [4.78, 5) is 10.3. The number of carbonyl (C=O) groups excluding carboxylic acids is 1. The molecule has 0 radical (unpaired) electrons. The molecule has 1 amide bonds. The monoisotopic (exact) mass is 367 g/mol. The van der Waals surface area contributed by atoms with Crippen molar-refractivity contribution in [1.29, 1.82) is 0 Å². The molecule has 7 heteroatoms. The van der Waals surface area contributed by atoms with Crippen molar-refractivity contribution in [3.63, 3.8) is 0 Å². The van der Waals surface area contributed by atoms with Crippen molar-refractivity contribution in [3.8, 4) is 11.5 Å². The van der Waals surface area contributed by atoms with Crippen molar-refractivity contribution >= 4 is 5.91 Å². The Morgan fingerprint density at radius 1 is 0.846 bits per heavy atom. The highest BCUT2D eigenvalue weighted by molar-refractivity contribution is 5.91. The van der Waals surface area contributed by atoms with Gasteiger partial charge >= 0.3 is 0 Å². The normalized spacial score (nSPS) is 16.1. The van der Waals surface area contributed by atoms with Gasteiger partial charge in [0.05, 0.1) is 39.6 Å². The van der Waals surface area contributed by atoms with Crippen molar-refractivity contribution in [2.24, 2.45) is 0 Å². The van der Waals surface area contributed by atoms with Gasteiger partial charge in [-0.1, -0.05) is 18.7 Å². The van der Waals surface area contributed by atoms with Crippen LogP contribution in [0.1, 0.15) is 6.92 Å². The molecule has 1 aromatic rings. The molecule has 2 rings (SSSR count). The Labute approximate surface area is 155 Å². The van der Waals surface area contributed by atoms with E-state index in [9.17, 15) is 4.79 Å². The number of fused-ring (bicyclic) bond motifs is 1. The maximum atomic E-state index is 10.3. The first-order valence-electron chi connectivity index (χ1n) is 8.60. The number of amides is 1. The Kier molecular flexibility index (Phi) is 11.9. The van der Waals surface area contributed by atoms with Gasteiger partial charge in [0, 0.05) is 12.6 Å². The van der Waals surface area contributed by atoms with Gasteiger partial charge in [0.15, 0.2) is 11.5 Å². The molecule has 7 nitrogen and oxygen atoms in total. The van der Waals surface area contributed by atoms with Gasteiger partial charge in [-0.3, -0.25) is 4.79 Å². The zero-order valence-electron chi connectivity index (χ0n) is 15.6. The Morgan fingerprint density at radius 3 is 1.54 bits per heavy atom. The third-order valence-electron chi connectivity index (χ3n) is 3.18. The Morgan fingerprint density at radius 2 is 1.23 bits per heavy atom. The van der Waals surface area contributed by atoms with Crippen LogP contribution >= 0.6 is 0 Å². The number of para-hydroxylation sites is 2. The third kappa shape index (κ3) is 10.0. The molecule has 0 unspecified atom stereocenters. The van der Waals surface area contributed by atoms with Gasteiger partial charge in [0.2, 0.25) is 5.91 Å². The second-order valence-corrected chi connectivity index (χ2v) is 5.34. The summed E-state index contributed by atoms with van der Waals surface area (Å²) in [7, 11) is 1.58. The lowest BCUT2D eigenvalue weighted by Gasteiger charge is -2.12. The van der Waals surface area contributed by atoms with Gasteiger partial charge in [0.1, 0.15) is 13.2 Å². The SMILES string of the molecule is C=C(C)C(=O)NC.c1ccc2c(c1)OCCOCCOCCOCCO2. The van der Waals surface area contributed by atoms with Crippen LogP contribution in [0.15, 0.2) is 36.4 Å².